The minimum absolute atomic E-state index is 0.212. The average molecular weight is 330 g/mol. The van der Waals surface area contributed by atoms with Gasteiger partial charge in [-0.05, 0) is 26.2 Å². The van der Waals surface area contributed by atoms with Crippen LogP contribution in [0, 0.1) is 5.41 Å². The number of carbonyl (C=O) groups is 1. The smallest absolute Gasteiger partial charge is 0.324 e. The number of rotatable bonds is 4. The van der Waals surface area contributed by atoms with Crippen molar-refractivity contribution in [1.82, 2.24) is 4.31 Å². The summed E-state index contributed by atoms with van der Waals surface area (Å²) in [6, 6.07) is 0. The maximum absolute atomic E-state index is 12.4. The number of aliphatic carboxylic acids is 1. The summed E-state index contributed by atoms with van der Waals surface area (Å²) in [5, 5.41) is 9.26. The van der Waals surface area contributed by atoms with Gasteiger partial charge in [0.2, 0.25) is 10.0 Å². The van der Waals surface area contributed by atoms with Gasteiger partial charge < -0.3 is 5.11 Å². The van der Waals surface area contributed by atoms with Crippen molar-refractivity contribution in [2.75, 3.05) is 12.3 Å². The Hall–Kier alpha value is -0.0400. The van der Waals surface area contributed by atoms with E-state index in [9.17, 15) is 18.3 Å². The molecule has 2 fully saturated rings. The Kier molecular flexibility index (Phi) is 3.42. The minimum Gasteiger partial charge on any atom is -0.480 e. The van der Waals surface area contributed by atoms with E-state index in [4.69, 9.17) is 23.2 Å². The number of hydrogen-bond donors (Lipinski definition) is 1. The molecular formula is C11H17Cl2NO4S. The number of halogens is 2. The highest BCUT2D eigenvalue weighted by Crippen LogP contribution is 2.64. The van der Waals surface area contributed by atoms with Gasteiger partial charge in [-0.3, -0.25) is 4.79 Å². The molecule has 110 valence electrons. The first-order valence-corrected chi connectivity index (χ1v) is 8.43. The molecule has 19 heavy (non-hydrogen) atoms. The highest BCUT2D eigenvalue weighted by atomic mass is 35.5. The van der Waals surface area contributed by atoms with Crippen LogP contribution in [0.15, 0.2) is 0 Å². The number of nitrogens with zero attached hydrogens (tertiary/aromatic N) is 1. The van der Waals surface area contributed by atoms with Gasteiger partial charge in [0.1, 0.15) is 9.87 Å². The van der Waals surface area contributed by atoms with Crippen molar-refractivity contribution in [3.05, 3.63) is 0 Å². The Morgan fingerprint density at radius 3 is 2.32 bits per heavy atom. The molecule has 2 unspecified atom stereocenters. The molecule has 1 aliphatic heterocycles. The predicted octanol–water partition coefficient (Wildman–Crippen LogP) is 1.84. The van der Waals surface area contributed by atoms with E-state index in [1.807, 2.05) is 0 Å². The molecular weight excluding hydrogens is 313 g/mol. The molecule has 1 saturated carbocycles. The minimum atomic E-state index is -3.70. The van der Waals surface area contributed by atoms with Gasteiger partial charge in [-0.2, -0.15) is 4.31 Å². The van der Waals surface area contributed by atoms with E-state index in [-0.39, 0.29) is 12.3 Å². The topological polar surface area (TPSA) is 74.7 Å². The molecule has 8 heteroatoms. The van der Waals surface area contributed by atoms with Gasteiger partial charge >= 0.3 is 5.97 Å². The average Bonchev–Trinajstić information content (AvgIpc) is 2.59. The third kappa shape index (κ3) is 2.37. The standard InChI is InChI=1S/C11H17Cl2NO4S/c1-9(6-11(9,12)13)7-19(17,18)14-5-3-4-10(14,2)8(15)16/h3-7H2,1-2H3,(H,15,16). The summed E-state index contributed by atoms with van der Waals surface area (Å²) in [4.78, 5) is 11.3. The Labute approximate surface area is 122 Å². The Bertz CT molecular complexity index is 521. The predicted molar refractivity (Wildman–Crippen MR) is 72.9 cm³/mol. The molecule has 1 aliphatic carbocycles. The Morgan fingerprint density at radius 1 is 1.37 bits per heavy atom. The lowest BCUT2D eigenvalue weighted by atomic mass is 10.0. The van der Waals surface area contributed by atoms with Crippen LogP contribution in [0.3, 0.4) is 0 Å². The van der Waals surface area contributed by atoms with Crippen molar-refractivity contribution < 1.29 is 18.3 Å². The molecule has 0 amide bonds. The van der Waals surface area contributed by atoms with Crippen LogP contribution < -0.4 is 0 Å². The van der Waals surface area contributed by atoms with Gasteiger partial charge in [-0.25, -0.2) is 8.42 Å². The van der Waals surface area contributed by atoms with Crippen molar-refractivity contribution in [3.8, 4) is 0 Å². The zero-order chi connectivity index (χ0) is 14.7. The van der Waals surface area contributed by atoms with Crippen LogP contribution in [0.4, 0.5) is 0 Å². The largest absolute Gasteiger partial charge is 0.480 e. The lowest BCUT2D eigenvalue weighted by molar-refractivity contribution is -0.146. The summed E-state index contributed by atoms with van der Waals surface area (Å²) >= 11 is 11.9. The van der Waals surface area contributed by atoms with Crippen molar-refractivity contribution in [2.24, 2.45) is 5.41 Å². The fourth-order valence-corrected chi connectivity index (χ4v) is 6.06. The fourth-order valence-electron chi connectivity index (χ4n) is 2.68. The summed E-state index contributed by atoms with van der Waals surface area (Å²) in [7, 11) is -3.70. The monoisotopic (exact) mass is 329 g/mol. The Balaban J connectivity index is 2.24. The lowest BCUT2D eigenvalue weighted by Gasteiger charge is -2.31. The number of alkyl halides is 2. The first-order valence-electron chi connectivity index (χ1n) is 6.06. The molecule has 0 spiro atoms. The second-order valence-electron chi connectivity index (χ2n) is 5.95. The van der Waals surface area contributed by atoms with E-state index in [0.717, 1.165) is 4.31 Å². The fraction of sp³-hybridized carbons (Fsp3) is 0.909. The maximum atomic E-state index is 12.4. The van der Waals surface area contributed by atoms with E-state index in [2.05, 4.69) is 0 Å². The second kappa shape index (κ2) is 4.23. The van der Waals surface area contributed by atoms with Crippen LogP contribution in [0.25, 0.3) is 0 Å². The second-order valence-corrected chi connectivity index (χ2v) is 9.33. The third-order valence-electron chi connectivity index (χ3n) is 4.24. The zero-order valence-corrected chi connectivity index (χ0v) is 13.1. The summed E-state index contributed by atoms with van der Waals surface area (Å²) in [5.41, 5.74) is -2.05. The summed E-state index contributed by atoms with van der Waals surface area (Å²) in [6.07, 6.45) is 1.27. The molecule has 0 aromatic carbocycles. The first kappa shape index (κ1) is 15.4. The van der Waals surface area contributed by atoms with Gasteiger partial charge in [-0.1, -0.05) is 6.92 Å². The highest BCUT2D eigenvalue weighted by molar-refractivity contribution is 7.89. The van der Waals surface area contributed by atoms with E-state index < -0.39 is 31.3 Å². The highest BCUT2D eigenvalue weighted by Gasteiger charge is 2.65. The van der Waals surface area contributed by atoms with E-state index in [1.165, 1.54) is 6.92 Å². The summed E-state index contributed by atoms with van der Waals surface area (Å²) in [6.45, 7) is 3.39. The van der Waals surface area contributed by atoms with Crippen molar-refractivity contribution in [2.45, 2.75) is 43.0 Å². The number of carboxylic acid groups (broad SMARTS) is 1. The molecule has 1 heterocycles. The van der Waals surface area contributed by atoms with Crippen LogP contribution in [-0.2, 0) is 14.8 Å². The van der Waals surface area contributed by atoms with E-state index in [1.54, 1.807) is 6.92 Å². The third-order valence-corrected chi connectivity index (χ3v) is 7.68. The molecule has 1 saturated heterocycles. The normalized spacial score (nSPS) is 38.3. The van der Waals surface area contributed by atoms with Crippen LogP contribution in [0.2, 0.25) is 0 Å². The van der Waals surface area contributed by atoms with Crippen LogP contribution >= 0.6 is 23.2 Å². The van der Waals surface area contributed by atoms with Gasteiger partial charge in [-0.15, -0.1) is 23.2 Å². The molecule has 0 bridgehead atoms. The zero-order valence-electron chi connectivity index (χ0n) is 10.8. The number of sulfonamides is 1. The van der Waals surface area contributed by atoms with E-state index in [0.29, 0.717) is 19.3 Å². The number of hydrogen-bond acceptors (Lipinski definition) is 3. The van der Waals surface area contributed by atoms with Gasteiger partial charge in [0, 0.05) is 12.0 Å². The molecule has 0 aromatic heterocycles. The molecule has 5 nitrogen and oxygen atoms in total. The van der Waals surface area contributed by atoms with Gasteiger partial charge in [0.25, 0.3) is 0 Å². The van der Waals surface area contributed by atoms with Crippen LogP contribution in [0.5, 0.6) is 0 Å². The van der Waals surface area contributed by atoms with Gasteiger partial charge in [0.05, 0.1) is 5.75 Å². The van der Waals surface area contributed by atoms with Crippen molar-refractivity contribution in [1.29, 1.82) is 0 Å². The van der Waals surface area contributed by atoms with Crippen molar-refractivity contribution in [3.63, 3.8) is 0 Å². The van der Waals surface area contributed by atoms with E-state index >= 15 is 0 Å². The Morgan fingerprint density at radius 2 is 1.89 bits per heavy atom. The molecule has 0 aromatic rings. The molecule has 2 rings (SSSR count). The molecule has 0 radical (unpaired) electrons. The van der Waals surface area contributed by atoms with Gasteiger partial charge in [0.15, 0.2) is 0 Å². The first-order chi connectivity index (χ1) is 8.45. The lowest BCUT2D eigenvalue weighted by Crippen LogP contribution is -2.52. The molecule has 2 atom stereocenters. The molecule has 2 aliphatic rings. The number of carboxylic acids is 1. The van der Waals surface area contributed by atoms with Crippen LogP contribution in [0.1, 0.15) is 33.1 Å². The maximum Gasteiger partial charge on any atom is 0.324 e. The van der Waals surface area contributed by atoms with Crippen LogP contribution in [-0.4, -0.2) is 46.0 Å². The SMILES string of the molecule is CC1(C(=O)O)CCCN1S(=O)(=O)CC1(C)CC1(Cl)Cl. The summed E-state index contributed by atoms with van der Waals surface area (Å²) in [5.74, 6) is -1.33. The quantitative estimate of drug-likeness (QED) is 0.798. The van der Waals surface area contributed by atoms with Crippen molar-refractivity contribution >= 4 is 39.2 Å². The summed E-state index contributed by atoms with van der Waals surface area (Å²) < 4.78 is 24.9. The molecule has 1 N–H and O–H groups in total.